The zero-order chi connectivity index (χ0) is 14.6. The van der Waals surface area contributed by atoms with Crippen LogP contribution >= 0.6 is 0 Å². The molecule has 1 rings (SSSR count). The summed E-state index contributed by atoms with van der Waals surface area (Å²) in [6, 6.07) is 4.56. The first-order chi connectivity index (χ1) is 8.71. The van der Waals surface area contributed by atoms with Gasteiger partial charge in [0.25, 0.3) is 0 Å². The topological polar surface area (TPSA) is 92.7 Å². The average molecular weight is 286 g/mol. The Bertz CT molecular complexity index is 529. The van der Waals surface area contributed by atoms with E-state index in [1.807, 2.05) is 26.0 Å². The van der Waals surface area contributed by atoms with Crippen LogP contribution in [0.25, 0.3) is 0 Å². The molecule has 19 heavy (non-hydrogen) atoms. The van der Waals surface area contributed by atoms with Crippen LogP contribution in [0.3, 0.4) is 0 Å². The number of rotatable bonds is 6. The Morgan fingerprint density at radius 3 is 2.26 bits per heavy atom. The van der Waals surface area contributed by atoms with E-state index >= 15 is 0 Å². The fourth-order valence-corrected chi connectivity index (χ4v) is 2.35. The van der Waals surface area contributed by atoms with E-state index in [0.717, 1.165) is 25.2 Å². The highest BCUT2D eigenvalue weighted by molar-refractivity contribution is 7.89. The van der Waals surface area contributed by atoms with E-state index in [-0.39, 0.29) is 4.90 Å². The molecule has 108 valence electrons. The Balaban J connectivity index is 2.79. The number of benzene rings is 1. The Hall–Kier alpha value is -1.31. The summed E-state index contributed by atoms with van der Waals surface area (Å²) in [5, 5.41) is 5.06. The Morgan fingerprint density at radius 2 is 1.79 bits per heavy atom. The molecule has 0 unspecified atom stereocenters. The van der Waals surface area contributed by atoms with E-state index in [4.69, 9.17) is 10.9 Å². The van der Waals surface area contributed by atoms with Gasteiger partial charge >= 0.3 is 0 Å². The van der Waals surface area contributed by atoms with E-state index in [9.17, 15) is 8.42 Å². The van der Waals surface area contributed by atoms with Crippen molar-refractivity contribution < 1.29 is 8.42 Å². The third-order valence-corrected chi connectivity index (χ3v) is 3.75. The third-order valence-electron chi connectivity index (χ3n) is 2.84. The average Bonchev–Trinajstić information content (AvgIpc) is 2.26. The van der Waals surface area contributed by atoms with Gasteiger partial charge in [-0.25, -0.2) is 13.6 Å². The molecule has 0 aliphatic rings. The van der Waals surface area contributed by atoms with Gasteiger partial charge in [0.2, 0.25) is 10.0 Å². The number of anilines is 2. The first-order valence-electron chi connectivity index (χ1n) is 6.00. The van der Waals surface area contributed by atoms with Crippen molar-refractivity contribution in [1.29, 1.82) is 0 Å². The van der Waals surface area contributed by atoms with Gasteiger partial charge in [-0.3, -0.25) is 0 Å². The molecule has 0 heterocycles. The van der Waals surface area contributed by atoms with Crippen molar-refractivity contribution in [2.75, 3.05) is 44.9 Å². The van der Waals surface area contributed by atoms with Crippen LogP contribution in [0, 0.1) is 0 Å². The normalized spacial score (nSPS) is 11.8. The summed E-state index contributed by atoms with van der Waals surface area (Å²) in [5.74, 6) is 0. The second-order valence-electron chi connectivity index (χ2n) is 4.84. The van der Waals surface area contributed by atoms with Crippen molar-refractivity contribution in [2.24, 2.45) is 5.14 Å². The molecule has 4 N–H and O–H groups in total. The third kappa shape index (κ3) is 4.70. The van der Waals surface area contributed by atoms with Crippen LogP contribution in [-0.4, -0.2) is 47.6 Å². The van der Waals surface area contributed by atoms with Crippen molar-refractivity contribution in [3.8, 4) is 0 Å². The minimum Gasteiger partial charge on any atom is -0.397 e. The quantitative estimate of drug-likeness (QED) is 0.734. The molecule has 0 aliphatic carbocycles. The second kappa shape index (κ2) is 6.23. The first kappa shape index (κ1) is 15.7. The predicted molar refractivity (Wildman–Crippen MR) is 78.7 cm³/mol. The second-order valence-corrected chi connectivity index (χ2v) is 6.41. The van der Waals surface area contributed by atoms with Crippen LogP contribution in [0.5, 0.6) is 0 Å². The molecular weight excluding hydrogens is 264 g/mol. The number of nitrogens with two attached hydrogens (primary N) is 2. The van der Waals surface area contributed by atoms with Crippen LogP contribution in [-0.2, 0) is 10.0 Å². The fraction of sp³-hybridized carbons (Fsp3) is 0.500. The summed E-state index contributed by atoms with van der Waals surface area (Å²) in [4.78, 5) is 4.16. The van der Waals surface area contributed by atoms with Gasteiger partial charge in [0.15, 0.2) is 0 Å². The fourth-order valence-electron chi connectivity index (χ4n) is 1.80. The zero-order valence-corrected chi connectivity index (χ0v) is 12.4. The summed E-state index contributed by atoms with van der Waals surface area (Å²) in [7, 11) is 2.27. The van der Waals surface area contributed by atoms with Gasteiger partial charge in [-0.2, -0.15) is 0 Å². The standard InChI is InChI=1S/C12H22N4O2S/c1-15(2)7-4-8-16(3)12-6-5-10(9-11(12)13)19(14,17)18/h5-6,9H,4,7-8,13H2,1-3H3,(H2,14,17,18). The highest BCUT2D eigenvalue weighted by Crippen LogP contribution is 2.25. The minimum atomic E-state index is -3.70. The molecule has 1 aromatic rings. The molecule has 7 heteroatoms. The minimum absolute atomic E-state index is 0.0374. The lowest BCUT2D eigenvalue weighted by molar-refractivity contribution is 0.402. The summed E-state index contributed by atoms with van der Waals surface area (Å²) in [6.45, 7) is 1.83. The highest BCUT2D eigenvalue weighted by atomic mass is 32.2. The number of hydrogen-bond donors (Lipinski definition) is 2. The lowest BCUT2D eigenvalue weighted by Gasteiger charge is -2.22. The smallest absolute Gasteiger partial charge is 0.238 e. The monoisotopic (exact) mass is 286 g/mol. The van der Waals surface area contributed by atoms with Crippen LogP contribution in [0.4, 0.5) is 11.4 Å². The first-order valence-corrected chi connectivity index (χ1v) is 7.54. The molecule has 0 aliphatic heterocycles. The SMILES string of the molecule is CN(C)CCCN(C)c1ccc(S(N)(=O)=O)cc1N. The number of nitrogen functional groups attached to an aromatic ring is 1. The van der Waals surface area contributed by atoms with Crippen molar-refractivity contribution in [3.05, 3.63) is 18.2 Å². The molecule has 0 atom stereocenters. The van der Waals surface area contributed by atoms with E-state index in [1.54, 1.807) is 6.07 Å². The van der Waals surface area contributed by atoms with Crippen LogP contribution in [0.15, 0.2) is 23.1 Å². The largest absolute Gasteiger partial charge is 0.397 e. The molecule has 1 aromatic carbocycles. The molecule has 0 bridgehead atoms. The van der Waals surface area contributed by atoms with Gasteiger partial charge in [0.1, 0.15) is 0 Å². The maximum Gasteiger partial charge on any atom is 0.238 e. The lowest BCUT2D eigenvalue weighted by atomic mass is 10.2. The van der Waals surface area contributed by atoms with Gasteiger partial charge in [-0.05, 0) is 45.3 Å². The van der Waals surface area contributed by atoms with Crippen molar-refractivity contribution in [3.63, 3.8) is 0 Å². The van der Waals surface area contributed by atoms with Gasteiger partial charge in [0.05, 0.1) is 16.3 Å². The molecule has 0 radical (unpaired) electrons. The van der Waals surface area contributed by atoms with Crippen LogP contribution < -0.4 is 15.8 Å². The van der Waals surface area contributed by atoms with Crippen LogP contribution in [0.2, 0.25) is 0 Å². The van der Waals surface area contributed by atoms with Gasteiger partial charge in [-0.15, -0.1) is 0 Å². The Morgan fingerprint density at radius 1 is 1.16 bits per heavy atom. The summed E-state index contributed by atoms with van der Waals surface area (Å²) in [5.41, 5.74) is 7.11. The van der Waals surface area contributed by atoms with Gasteiger partial charge < -0.3 is 15.5 Å². The summed E-state index contributed by atoms with van der Waals surface area (Å²) >= 11 is 0. The maximum absolute atomic E-state index is 11.2. The van der Waals surface area contributed by atoms with Gasteiger partial charge in [0, 0.05) is 13.6 Å². The van der Waals surface area contributed by atoms with E-state index in [2.05, 4.69) is 4.90 Å². The van der Waals surface area contributed by atoms with Crippen molar-refractivity contribution in [1.82, 2.24) is 4.90 Å². The van der Waals surface area contributed by atoms with E-state index < -0.39 is 10.0 Å². The molecule has 0 aromatic heterocycles. The van der Waals surface area contributed by atoms with Crippen LogP contribution in [0.1, 0.15) is 6.42 Å². The number of sulfonamides is 1. The zero-order valence-electron chi connectivity index (χ0n) is 11.6. The maximum atomic E-state index is 11.2. The van der Waals surface area contributed by atoms with Crippen molar-refractivity contribution in [2.45, 2.75) is 11.3 Å². The van der Waals surface area contributed by atoms with Crippen molar-refractivity contribution >= 4 is 21.4 Å². The lowest BCUT2D eigenvalue weighted by Crippen LogP contribution is -2.24. The molecule has 0 fully saturated rings. The van der Waals surface area contributed by atoms with E-state index in [0.29, 0.717) is 5.69 Å². The molecule has 0 saturated heterocycles. The number of hydrogen-bond acceptors (Lipinski definition) is 5. The molecule has 0 spiro atoms. The highest BCUT2D eigenvalue weighted by Gasteiger charge is 2.12. The summed E-state index contributed by atoms with van der Waals surface area (Å²) < 4.78 is 22.4. The molecule has 0 saturated carbocycles. The van der Waals surface area contributed by atoms with Gasteiger partial charge in [-0.1, -0.05) is 0 Å². The summed E-state index contributed by atoms with van der Waals surface area (Å²) in [6.07, 6.45) is 1.000. The molecule has 0 amide bonds. The molecule has 6 nitrogen and oxygen atoms in total. The Labute approximate surface area is 115 Å². The number of primary sulfonamides is 1. The number of nitrogens with zero attached hydrogens (tertiary/aromatic N) is 2. The van der Waals surface area contributed by atoms with E-state index in [1.165, 1.54) is 12.1 Å². The Kier molecular flexibility index (Phi) is 5.16. The predicted octanol–water partition coefficient (Wildman–Crippen LogP) is 0.304. The molecular formula is C12H22N4O2S.